The van der Waals surface area contributed by atoms with Gasteiger partial charge in [-0.3, -0.25) is 9.88 Å². The first kappa shape index (κ1) is 19.1. The number of piperidine rings is 1. The molecule has 1 N–H and O–H groups in total. The van der Waals surface area contributed by atoms with E-state index in [0.717, 1.165) is 58.6 Å². The van der Waals surface area contributed by atoms with Crippen molar-refractivity contribution in [2.45, 2.75) is 51.8 Å². The molecule has 0 spiro atoms. The van der Waals surface area contributed by atoms with Crippen LogP contribution in [0.5, 0.6) is 0 Å². The van der Waals surface area contributed by atoms with E-state index in [9.17, 15) is 4.79 Å². The highest BCUT2D eigenvalue weighted by Crippen LogP contribution is 2.17. The first-order chi connectivity index (χ1) is 12.6. The smallest absolute Gasteiger partial charge is 0.317 e. The number of likely N-dealkylation sites (tertiary alicyclic amines) is 2. The van der Waals surface area contributed by atoms with E-state index >= 15 is 0 Å². The van der Waals surface area contributed by atoms with Crippen molar-refractivity contribution >= 4 is 6.03 Å². The summed E-state index contributed by atoms with van der Waals surface area (Å²) in [4.78, 5) is 20.9. The third kappa shape index (κ3) is 5.68. The fourth-order valence-corrected chi connectivity index (χ4v) is 3.62. The molecule has 0 aliphatic carbocycles. The Bertz CT molecular complexity index is 558. The molecule has 144 valence electrons. The van der Waals surface area contributed by atoms with Gasteiger partial charge in [0.2, 0.25) is 0 Å². The summed E-state index contributed by atoms with van der Waals surface area (Å²) < 4.78 is 5.87. The van der Waals surface area contributed by atoms with E-state index in [-0.39, 0.29) is 18.2 Å². The zero-order chi connectivity index (χ0) is 18.4. The Morgan fingerprint density at radius 1 is 1.23 bits per heavy atom. The monoisotopic (exact) mass is 360 g/mol. The summed E-state index contributed by atoms with van der Waals surface area (Å²) in [6.45, 7) is 9.61. The second-order valence-electron chi connectivity index (χ2n) is 7.94. The highest BCUT2D eigenvalue weighted by molar-refractivity contribution is 5.74. The minimum atomic E-state index is 0.0771. The zero-order valence-electron chi connectivity index (χ0n) is 16.1. The van der Waals surface area contributed by atoms with Crippen molar-refractivity contribution < 1.29 is 9.53 Å². The summed E-state index contributed by atoms with van der Waals surface area (Å²) >= 11 is 0. The van der Waals surface area contributed by atoms with Crippen molar-refractivity contribution in [1.82, 2.24) is 20.1 Å². The van der Waals surface area contributed by atoms with E-state index in [1.54, 1.807) is 0 Å². The number of carbonyl (C=O) groups excluding carboxylic acids is 1. The van der Waals surface area contributed by atoms with Crippen molar-refractivity contribution in [2.75, 3.05) is 32.8 Å². The molecule has 0 bridgehead atoms. The predicted octanol–water partition coefficient (Wildman–Crippen LogP) is 2.50. The van der Waals surface area contributed by atoms with Gasteiger partial charge in [-0.2, -0.15) is 0 Å². The highest BCUT2D eigenvalue weighted by atomic mass is 16.5. The van der Waals surface area contributed by atoms with E-state index in [4.69, 9.17) is 4.74 Å². The van der Waals surface area contributed by atoms with E-state index < -0.39 is 0 Å². The van der Waals surface area contributed by atoms with Crippen LogP contribution in [-0.2, 0) is 11.3 Å². The van der Waals surface area contributed by atoms with Gasteiger partial charge >= 0.3 is 6.03 Å². The Kier molecular flexibility index (Phi) is 6.86. The average molecular weight is 361 g/mol. The first-order valence-electron chi connectivity index (χ1n) is 9.88. The molecule has 0 radical (unpaired) electrons. The molecule has 2 aliphatic rings. The lowest BCUT2D eigenvalue weighted by Crippen LogP contribution is -2.48. The van der Waals surface area contributed by atoms with Crippen LogP contribution in [0.4, 0.5) is 4.79 Å². The van der Waals surface area contributed by atoms with Gasteiger partial charge < -0.3 is 15.0 Å². The Labute approximate surface area is 156 Å². The van der Waals surface area contributed by atoms with Gasteiger partial charge in [0, 0.05) is 57.8 Å². The summed E-state index contributed by atoms with van der Waals surface area (Å²) in [6.07, 6.45) is 6.86. The number of aromatic nitrogens is 1. The molecular weight excluding hydrogens is 328 g/mol. The number of nitrogens with one attached hydrogen (secondary N) is 1. The molecule has 6 nitrogen and oxygen atoms in total. The average Bonchev–Trinajstić information content (AvgIpc) is 3.12. The topological polar surface area (TPSA) is 57.7 Å². The third-order valence-corrected chi connectivity index (χ3v) is 5.17. The summed E-state index contributed by atoms with van der Waals surface area (Å²) in [5.41, 5.74) is 1.30. The van der Waals surface area contributed by atoms with Gasteiger partial charge in [0.15, 0.2) is 0 Å². The van der Waals surface area contributed by atoms with Crippen molar-refractivity contribution in [3.8, 4) is 0 Å². The Hall–Kier alpha value is -1.66. The van der Waals surface area contributed by atoms with Gasteiger partial charge in [0.25, 0.3) is 0 Å². The number of hydrogen-bond donors (Lipinski definition) is 1. The molecule has 0 saturated carbocycles. The van der Waals surface area contributed by atoms with E-state index in [0.29, 0.717) is 5.92 Å². The van der Waals surface area contributed by atoms with Gasteiger partial charge in [0.1, 0.15) is 0 Å². The minimum absolute atomic E-state index is 0.0771. The number of rotatable bonds is 6. The second-order valence-corrected chi connectivity index (χ2v) is 7.94. The van der Waals surface area contributed by atoms with Crippen LogP contribution in [0.25, 0.3) is 0 Å². The standard InChI is InChI=1S/C20H32N4O2/c1-16(2)15-26-19-7-12-24(14-19)20(25)22-18-5-10-23(11-6-18)13-17-3-8-21-9-4-17/h3-4,8-9,16,18-19H,5-7,10-15H2,1-2H3,(H,22,25). The minimum Gasteiger partial charge on any atom is -0.376 e. The Morgan fingerprint density at radius 3 is 2.65 bits per heavy atom. The van der Waals surface area contributed by atoms with Gasteiger partial charge in [-0.15, -0.1) is 0 Å². The molecule has 26 heavy (non-hydrogen) atoms. The largest absolute Gasteiger partial charge is 0.376 e. The number of amides is 2. The summed E-state index contributed by atoms with van der Waals surface area (Å²) in [5, 5.41) is 3.23. The van der Waals surface area contributed by atoms with Crippen molar-refractivity contribution in [3.05, 3.63) is 30.1 Å². The first-order valence-corrected chi connectivity index (χ1v) is 9.88. The van der Waals surface area contributed by atoms with Crippen LogP contribution in [0.15, 0.2) is 24.5 Å². The van der Waals surface area contributed by atoms with Crippen molar-refractivity contribution in [1.29, 1.82) is 0 Å². The molecule has 2 saturated heterocycles. The lowest BCUT2D eigenvalue weighted by Gasteiger charge is -2.33. The zero-order valence-corrected chi connectivity index (χ0v) is 16.1. The van der Waals surface area contributed by atoms with Crippen LogP contribution in [0.3, 0.4) is 0 Å². The summed E-state index contributed by atoms with van der Waals surface area (Å²) in [7, 11) is 0. The van der Waals surface area contributed by atoms with Crippen LogP contribution < -0.4 is 5.32 Å². The second kappa shape index (κ2) is 9.33. The molecule has 1 unspecified atom stereocenters. The maximum absolute atomic E-state index is 12.5. The molecule has 0 aromatic carbocycles. The molecule has 1 atom stereocenters. The Balaban J connectivity index is 1.36. The molecule has 3 rings (SSSR count). The highest BCUT2D eigenvalue weighted by Gasteiger charge is 2.29. The molecular formula is C20H32N4O2. The lowest BCUT2D eigenvalue weighted by atomic mass is 10.0. The number of pyridine rings is 1. The van der Waals surface area contributed by atoms with Crippen molar-refractivity contribution in [3.63, 3.8) is 0 Å². The number of nitrogens with zero attached hydrogens (tertiary/aromatic N) is 3. The normalized spacial score (nSPS) is 22.1. The number of hydrogen-bond acceptors (Lipinski definition) is 4. The van der Waals surface area contributed by atoms with Gasteiger partial charge in [-0.05, 0) is 42.9 Å². The number of carbonyl (C=O) groups is 1. The van der Waals surface area contributed by atoms with Crippen LogP contribution >= 0.6 is 0 Å². The third-order valence-electron chi connectivity index (χ3n) is 5.17. The van der Waals surface area contributed by atoms with Crippen molar-refractivity contribution in [2.24, 2.45) is 5.92 Å². The molecule has 3 heterocycles. The lowest BCUT2D eigenvalue weighted by molar-refractivity contribution is 0.0434. The van der Waals surface area contributed by atoms with Gasteiger partial charge in [0.05, 0.1) is 6.10 Å². The molecule has 2 fully saturated rings. The van der Waals surface area contributed by atoms with E-state index in [1.165, 1.54) is 5.56 Å². The van der Waals surface area contributed by atoms with E-state index in [2.05, 4.69) is 41.2 Å². The van der Waals surface area contributed by atoms with Gasteiger partial charge in [-0.25, -0.2) is 4.79 Å². The SMILES string of the molecule is CC(C)COC1CCN(C(=O)NC2CCN(Cc3ccncc3)CC2)C1. The van der Waals surface area contributed by atoms with Crippen LogP contribution in [0.1, 0.15) is 38.7 Å². The molecule has 2 amide bonds. The fourth-order valence-electron chi connectivity index (χ4n) is 3.62. The summed E-state index contributed by atoms with van der Waals surface area (Å²) in [5.74, 6) is 0.537. The molecule has 1 aromatic rings. The van der Waals surface area contributed by atoms with Gasteiger partial charge in [-0.1, -0.05) is 13.8 Å². The fraction of sp³-hybridized carbons (Fsp3) is 0.700. The molecule has 1 aromatic heterocycles. The molecule has 2 aliphatic heterocycles. The number of ether oxygens (including phenoxy) is 1. The molecule has 6 heteroatoms. The number of urea groups is 1. The van der Waals surface area contributed by atoms with Crippen LogP contribution in [-0.4, -0.2) is 65.7 Å². The van der Waals surface area contributed by atoms with E-state index in [1.807, 2.05) is 17.3 Å². The Morgan fingerprint density at radius 2 is 1.96 bits per heavy atom. The maximum Gasteiger partial charge on any atom is 0.317 e. The predicted molar refractivity (Wildman–Crippen MR) is 102 cm³/mol. The maximum atomic E-state index is 12.5. The summed E-state index contributed by atoms with van der Waals surface area (Å²) in [6, 6.07) is 4.50. The van der Waals surface area contributed by atoms with Crippen LogP contribution in [0, 0.1) is 5.92 Å². The van der Waals surface area contributed by atoms with Crippen LogP contribution in [0.2, 0.25) is 0 Å². The quantitative estimate of drug-likeness (QED) is 0.847.